The molecular formula is C14H24ClN3O3S. The Morgan fingerprint density at radius 2 is 1.82 bits per heavy atom. The summed E-state index contributed by atoms with van der Waals surface area (Å²) in [5.41, 5.74) is 0.857. The lowest BCUT2D eigenvalue weighted by molar-refractivity contribution is -0.124. The summed E-state index contributed by atoms with van der Waals surface area (Å²) in [5, 5.41) is 5.77. The molecule has 1 amide bonds. The highest BCUT2D eigenvalue weighted by molar-refractivity contribution is 7.89. The van der Waals surface area contributed by atoms with E-state index in [4.69, 9.17) is 0 Å². The Bertz CT molecular complexity index is 561. The van der Waals surface area contributed by atoms with Gasteiger partial charge in [-0.05, 0) is 24.7 Å². The van der Waals surface area contributed by atoms with Crippen LogP contribution in [0.1, 0.15) is 19.4 Å². The van der Waals surface area contributed by atoms with Gasteiger partial charge in [-0.1, -0.05) is 26.0 Å². The van der Waals surface area contributed by atoms with Crippen molar-refractivity contribution in [1.29, 1.82) is 0 Å². The van der Waals surface area contributed by atoms with Crippen molar-refractivity contribution in [3.63, 3.8) is 0 Å². The largest absolute Gasteiger partial charge is 0.352 e. The number of hydrogen-bond acceptors (Lipinski definition) is 4. The highest BCUT2D eigenvalue weighted by Gasteiger charge is 2.13. The standard InChI is InChI=1S/C14H23N3O3S.ClH/c1-4-17-21(19,20)13-7-5-12(6-8-13)10-16-14(18)11(2)9-15-3;/h5-8,11,15,17H,4,9-10H2,1-3H3,(H,16,18);1H. The molecule has 1 atom stereocenters. The Morgan fingerprint density at radius 1 is 1.23 bits per heavy atom. The number of halogens is 1. The molecule has 126 valence electrons. The predicted octanol–water partition coefficient (Wildman–Crippen LogP) is 0.878. The third kappa shape index (κ3) is 6.31. The van der Waals surface area contributed by atoms with Crippen LogP contribution in [0, 0.1) is 5.92 Å². The lowest BCUT2D eigenvalue weighted by atomic mass is 10.1. The Hall–Kier alpha value is -1.15. The van der Waals surface area contributed by atoms with Gasteiger partial charge in [0.05, 0.1) is 4.90 Å². The van der Waals surface area contributed by atoms with Crippen LogP contribution < -0.4 is 15.4 Å². The SMILES string of the molecule is CCNS(=O)(=O)c1ccc(CNC(=O)C(C)CNC)cc1.Cl. The van der Waals surface area contributed by atoms with Gasteiger partial charge in [0, 0.05) is 25.6 Å². The Labute approximate surface area is 138 Å². The van der Waals surface area contributed by atoms with Crippen molar-refractivity contribution in [2.45, 2.75) is 25.3 Å². The van der Waals surface area contributed by atoms with E-state index in [1.807, 2.05) is 6.92 Å². The van der Waals surface area contributed by atoms with Crippen LogP contribution in [-0.2, 0) is 21.4 Å². The monoisotopic (exact) mass is 349 g/mol. The van der Waals surface area contributed by atoms with Crippen LogP contribution in [0.2, 0.25) is 0 Å². The maximum Gasteiger partial charge on any atom is 0.240 e. The molecule has 1 aromatic carbocycles. The van der Waals surface area contributed by atoms with E-state index in [1.54, 1.807) is 26.1 Å². The van der Waals surface area contributed by atoms with Crippen molar-refractivity contribution < 1.29 is 13.2 Å². The maximum absolute atomic E-state index is 11.8. The number of amides is 1. The second-order valence-electron chi connectivity index (χ2n) is 4.82. The minimum absolute atomic E-state index is 0. The van der Waals surface area contributed by atoms with Crippen LogP contribution in [0.15, 0.2) is 29.2 Å². The van der Waals surface area contributed by atoms with Gasteiger partial charge in [0.1, 0.15) is 0 Å². The van der Waals surface area contributed by atoms with Crippen LogP contribution in [-0.4, -0.2) is 34.5 Å². The molecule has 8 heteroatoms. The van der Waals surface area contributed by atoms with Gasteiger partial charge >= 0.3 is 0 Å². The molecule has 6 nitrogen and oxygen atoms in total. The normalized spacial score (nSPS) is 12.3. The van der Waals surface area contributed by atoms with Gasteiger partial charge in [-0.15, -0.1) is 12.4 Å². The topological polar surface area (TPSA) is 87.3 Å². The van der Waals surface area contributed by atoms with Gasteiger partial charge < -0.3 is 10.6 Å². The van der Waals surface area contributed by atoms with E-state index in [9.17, 15) is 13.2 Å². The van der Waals surface area contributed by atoms with Crippen molar-refractivity contribution in [3.8, 4) is 0 Å². The molecule has 22 heavy (non-hydrogen) atoms. The van der Waals surface area contributed by atoms with Gasteiger partial charge in [0.25, 0.3) is 0 Å². The first-order valence-corrected chi connectivity index (χ1v) is 8.40. The summed E-state index contributed by atoms with van der Waals surface area (Å²) in [6.07, 6.45) is 0. The van der Waals surface area contributed by atoms with E-state index < -0.39 is 10.0 Å². The molecule has 0 fully saturated rings. The fourth-order valence-corrected chi connectivity index (χ4v) is 2.86. The van der Waals surface area contributed by atoms with E-state index in [0.29, 0.717) is 19.6 Å². The van der Waals surface area contributed by atoms with Crippen molar-refractivity contribution in [2.24, 2.45) is 5.92 Å². The van der Waals surface area contributed by atoms with E-state index in [-0.39, 0.29) is 29.1 Å². The summed E-state index contributed by atoms with van der Waals surface area (Å²) in [6.45, 7) is 4.93. The lowest BCUT2D eigenvalue weighted by Gasteiger charge is -2.12. The summed E-state index contributed by atoms with van der Waals surface area (Å²) in [5.74, 6) is -0.142. The van der Waals surface area contributed by atoms with E-state index in [2.05, 4.69) is 15.4 Å². The van der Waals surface area contributed by atoms with E-state index in [0.717, 1.165) is 5.56 Å². The smallest absolute Gasteiger partial charge is 0.240 e. The van der Waals surface area contributed by atoms with E-state index in [1.165, 1.54) is 12.1 Å². The zero-order chi connectivity index (χ0) is 15.9. The molecule has 0 radical (unpaired) electrons. The highest BCUT2D eigenvalue weighted by atomic mass is 35.5. The highest BCUT2D eigenvalue weighted by Crippen LogP contribution is 2.10. The second kappa shape index (κ2) is 9.78. The van der Waals surface area contributed by atoms with Gasteiger partial charge in [-0.2, -0.15) is 0 Å². The molecule has 1 unspecified atom stereocenters. The van der Waals surface area contributed by atoms with Crippen molar-refractivity contribution in [3.05, 3.63) is 29.8 Å². The minimum Gasteiger partial charge on any atom is -0.352 e. The quantitative estimate of drug-likeness (QED) is 0.650. The molecular weight excluding hydrogens is 326 g/mol. The number of hydrogen-bond donors (Lipinski definition) is 3. The predicted molar refractivity (Wildman–Crippen MR) is 89.5 cm³/mol. The molecule has 0 bridgehead atoms. The second-order valence-corrected chi connectivity index (χ2v) is 6.59. The Kier molecular flexibility index (Phi) is 9.27. The molecule has 3 N–H and O–H groups in total. The first-order valence-electron chi connectivity index (χ1n) is 6.91. The van der Waals surface area contributed by atoms with E-state index >= 15 is 0 Å². The van der Waals surface area contributed by atoms with Crippen molar-refractivity contribution in [1.82, 2.24) is 15.4 Å². The summed E-state index contributed by atoms with van der Waals surface area (Å²) in [7, 11) is -1.63. The van der Waals surface area contributed by atoms with Crippen LogP contribution in [0.4, 0.5) is 0 Å². The van der Waals surface area contributed by atoms with Crippen molar-refractivity contribution in [2.75, 3.05) is 20.1 Å². The van der Waals surface area contributed by atoms with Crippen LogP contribution >= 0.6 is 12.4 Å². The van der Waals surface area contributed by atoms with Gasteiger partial charge in [-0.3, -0.25) is 4.79 Å². The Morgan fingerprint density at radius 3 is 2.32 bits per heavy atom. The molecule has 1 aromatic rings. The average molecular weight is 350 g/mol. The number of carbonyl (C=O) groups is 1. The third-order valence-corrected chi connectivity index (χ3v) is 4.55. The minimum atomic E-state index is -3.42. The number of nitrogens with one attached hydrogen (secondary N) is 3. The molecule has 1 rings (SSSR count). The number of benzene rings is 1. The molecule has 0 aliphatic carbocycles. The van der Waals surface area contributed by atoms with Crippen LogP contribution in [0.3, 0.4) is 0 Å². The van der Waals surface area contributed by atoms with Gasteiger partial charge in [0.2, 0.25) is 15.9 Å². The zero-order valence-corrected chi connectivity index (χ0v) is 14.7. The molecule has 0 aliphatic heterocycles. The molecule has 0 heterocycles. The molecule has 0 saturated carbocycles. The van der Waals surface area contributed by atoms with Gasteiger partial charge in [0.15, 0.2) is 0 Å². The summed E-state index contributed by atoms with van der Waals surface area (Å²) < 4.78 is 26.0. The first kappa shape index (κ1) is 20.9. The molecule has 0 spiro atoms. The maximum atomic E-state index is 11.8. The molecule has 0 saturated heterocycles. The van der Waals surface area contributed by atoms with Crippen molar-refractivity contribution >= 4 is 28.3 Å². The lowest BCUT2D eigenvalue weighted by Crippen LogP contribution is -2.33. The van der Waals surface area contributed by atoms with Crippen LogP contribution in [0.5, 0.6) is 0 Å². The number of rotatable bonds is 8. The van der Waals surface area contributed by atoms with Crippen LogP contribution in [0.25, 0.3) is 0 Å². The molecule has 0 aliphatic rings. The molecule has 0 aromatic heterocycles. The third-order valence-electron chi connectivity index (χ3n) is 2.99. The average Bonchev–Trinajstić information content (AvgIpc) is 2.45. The fraction of sp³-hybridized carbons (Fsp3) is 0.500. The summed E-state index contributed by atoms with van der Waals surface area (Å²) in [6, 6.07) is 6.48. The Balaban J connectivity index is 0.00000441. The van der Waals surface area contributed by atoms with Gasteiger partial charge in [-0.25, -0.2) is 13.1 Å². The zero-order valence-electron chi connectivity index (χ0n) is 13.0. The number of carbonyl (C=O) groups excluding carboxylic acids is 1. The fourth-order valence-electron chi connectivity index (χ4n) is 1.82. The first-order chi connectivity index (χ1) is 9.90. The summed E-state index contributed by atoms with van der Waals surface area (Å²) >= 11 is 0. The number of sulfonamides is 1. The summed E-state index contributed by atoms with van der Waals surface area (Å²) in [4.78, 5) is 12.0.